The van der Waals surface area contributed by atoms with Crippen LogP contribution in [-0.2, 0) is 11.3 Å². The van der Waals surface area contributed by atoms with Crippen molar-refractivity contribution in [3.8, 4) is 0 Å². The van der Waals surface area contributed by atoms with Gasteiger partial charge in [0.15, 0.2) is 11.6 Å². The van der Waals surface area contributed by atoms with Gasteiger partial charge in [-0.3, -0.25) is 9.35 Å². The molecule has 0 radical (unpaired) electrons. The number of carbonyl (C=O) groups excluding carboxylic acids is 1. The van der Waals surface area contributed by atoms with Gasteiger partial charge in [0, 0.05) is 11.3 Å². The molecule has 0 saturated carbocycles. The minimum atomic E-state index is -2.56. The maximum absolute atomic E-state index is 14.2. The number of thiophene rings is 1. The SMILES string of the molecule is O=C(Nc1ccc(F)c(N(c2cccs2)S(=O)O)c1)c1ccc(F)c(F)c1. The highest BCUT2D eigenvalue weighted by Crippen LogP contribution is 2.34. The van der Waals surface area contributed by atoms with E-state index in [1.54, 1.807) is 11.4 Å². The highest BCUT2D eigenvalue weighted by Gasteiger charge is 2.21. The van der Waals surface area contributed by atoms with Crippen molar-refractivity contribution in [1.29, 1.82) is 0 Å². The van der Waals surface area contributed by atoms with Crippen LogP contribution in [0.15, 0.2) is 53.9 Å². The smallest absolute Gasteiger partial charge is 0.267 e. The summed E-state index contributed by atoms with van der Waals surface area (Å²) in [6.45, 7) is 0. The molecule has 1 atom stereocenters. The zero-order valence-corrected chi connectivity index (χ0v) is 15.0. The van der Waals surface area contributed by atoms with Gasteiger partial charge >= 0.3 is 0 Å². The normalized spacial score (nSPS) is 11.9. The number of hydrogen-bond acceptors (Lipinski definition) is 3. The summed E-state index contributed by atoms with van der Waals surface area (Å²) in [4.78, 5) is 12.2. The molecule has 140 valence electrons. The lowest BCUT2D eigenvalue weighted by molar-refractivity contribution is 0.102. The van der Waals surface area contributed by atoms with E-state index in [-0.39, 0.29) is 16.9 Å². The van der Waals surface area contributed by atoms with E-state index in [2.05, 4.69) is 5.32 Å². The maximum Gasteiger partial charge on any atom is 0.267 e. The summed E-state index contributed by atoms with van der Waals surface area (Å²) in [5, 5.41) is 4.39. The Hall–Kier alpha value is -2.69. The number of nitrogens with one attached hydrogen (secondary N) is 1. The third-order valence-corrected chi connectivity index (χ3v) is 5.14. The standard InChI is InChI=1S/C17H11F3N2O3S2/c18-12-5-3-10(8-14(12)20)17(23)21-11-4-6-13(19)15(9-11)22(27(24)25)16-2-1-7-26-16/h1-9H,(H,21,23)(H,24,25). The van der Waals surface area contributed by atoms with Crippen LogP contribution >= 0.6 is 11.3 Å². The average molecular weight is 412 g/mol. The molecule has 10 heteroatoms. The molecule has 1 aromatic heterocycles. The fraction of sp³-hybridized carbons (Fsp3) is 0. The quantitative estimate of drug-likeness (QED) is 0.597. The molecule has 1 unspecified atom stereocenters. The largest absolute Gasteiger partial charge is 0.322 e. The Labute approximate surface area is 158 Å². The van der Waals surface area contributed by atoms with Gasteiger partial charge in [0.25, 0.3) is 17.2 Å². The zero-order valence-electron chi connectivity index (χ0n) is 13.4. The van der Waals surface area contributed by atoms with Crippen LogP contribution in [0.2, 0.25) is 0 Å². The predicted molar refractivity (Wildman–Crippen MR) is 97.9 cm³/mol. The second kappa shape index (κ2) is 7.91. The first-order valence-electron chi connectivity index (χ1n) is 7.37. The van der Waals surface area contributed by atoms with Crippen molar-refractivity contribution in [3.05, 3.63) is 76.9 Å². The van der Waals surface area contributed by atoms with E-state index in [1.165, 1.54) is 18.2 Å². The minimum Gasteiger partial charge on any atom is -0.322 e. The van der Waals surface area contributed by atoms with Crippen molar-refractivity contribution in [2.75, 3.05) is 9.62 Å². The Kier molecular flexibility index (Phi) is 5.59. The van der Waals surface area contributed by atoms with Gasteiger partial charge in [-0.15, -0.1) is 11.3 Å². The third-order valence-electron chi connectivity index (χ3n) is 3.47. The maximum atomic E-state index is 14.2. The van der Waals surface area contributed by atoms with Crippen molar-refractivity contribution in [2.24, 2.45) is 0 Å². The van der Waals surface area contributed by atoms with Crippen molar-refractivity contribution in [3.63, 3.8) is 0 Å². The number of nitrogens with zero attached hydrogens (tertiary/aromatic N) is 1. The highest BCUT2D eigenvalue weighted by molar-refractivity contribution is 7.81. The Balaban J connectivity index is 1.92. The lowest BCUT2D eigenvalue weighted by Gasteiger charge is -2.19. The van der Waals surface area contributed by atoms with E-state index in [0.717, 1.165) is 39.9 Å². The second-order valence-electron chi connectivity index (χ2n) is 5.23. The number of hydrogen-bond donors (Lipinski definition) is 2. The molecule has 2 N–H and O–H groups in total. The van der Waals surface area contributed by atoms with Crippen molar-refractivity contribution < 1.29 is 26.7 Å². The number of benzene rings is 2. The van der Waals surface area contributed by atoms with Crippen LogP contribution in [0.1, 0.15) is 10.4 Å². The van der Waals surface area contributed by atoms with Crippen LogP contribution in [0.3, 0.4) is 0 Å². The highest BCUT2D eigenvalue weighted by atomic mass is 32.2. The molecule has 3 aromatic rings. The summed E-state index contributed by atoms with van der Waals surface area (Å²) < 4.78 is 62.6. The van der Waals surface area contributed by atoms with Crippen LogP contribution in [0.5, 0.6) is 0 Å². The van der Waals surface area contributed by atoms with Gasteiger partial charge in [0.1, 0.15) is 10.8 Å². The summed E-state index contributed by atoms with van der Waals surface area (Å²) in [7, 11) is 0. The van der Waals surface area contributed by atoms with E-state index < -0.39 is 34.6 Å². The molecule has 0 spiro atoms. The summed E-state index contributed by atoms with van der Waals surface area (Å²) >= 11 is -1.43. The number of carbonyl (C=O) groups is 1. The molecule has 2 aromatic carbocycles. The molecular formula is C17H11F3N2O3S2. The zero-order chi connectivity index (χ0) is 19.6. The molecule has 0 fully saturated rings. The lowest BCUT2D eigenvalue weighted by Crippen LogP contribution is -2.20. The first kappa shape index (κ1) is 19.1. The van der Waals surface area contributed by atoms with E-state index in [4.69, 9.17) is 0 Å². The second-order valence-corrected chi connectivity index (χ2v) is 6.98. The summed E-state index contributed by atoms with van der Waals surface area (Å²) in [5.41, 5.74) is -0.268. The van der Waals surface area contributed by atoms with Gasteiger partial charge in [-0.25, -0.2) is 21.7 Å². The van der Waals surface area contributed by atoms with Crippen LogP contribution in [0.25, 0.3) is 0 Å². The fourth-order valence-electron chi connectivity index (χ4n) is 2.25. The number of halogens is 3. The van der Waals surface area contributed by atoms with Crippen LogP contribution in [0.4, 0.5) is 29.5 Å². The van der Waals surface area contributed by atoms with Gasteiger partial charge in [-0.2, -0.15) is 0 Å². The topological polar surface area (TPSA) is 69.6 Å². The lowest BCUT2D eigenvalue weighted by atomic mass is 10.2. The molecule has 0 aliphatic rings. The molecular weight excluding hydrogens is 401 g/mol. The number of anilines is 3. The molecule has 0 saturated heterocycles. The predicted octanol–water partition coefficient (Wildman–Crippen LogP) is 4.69. The van der Waals surface area contributed by atoms with Crippen LogP contribution < -0.4 is 9.62 Å². The summed E-state index contributed by atoms with van der Waals surface area (Å²) in [6, 6.07) is 9.23. The van der Waals surface area contributed by atoms with Gasteiger partial charge in [0.05, 0.1) is 5.69 Å². The van der Waals surface area contributed by atoms with Gasteiger partial charge in [0.2, 0.25) is 0 Å². The Bertz CT molecular complexity index is 1010. The molecule has 1 amide bonds. The summed E-state index contributed by atoms with van der Waals surface area (Å²) in [6.07, 6.45) is 0. The number of amides is 1. The van der Waals surface area contributed by atoms with Crippen molar-refractivity contribution in [1.82, 2.24) is 0 Å². The molecule has 5 nitrogen and oxygen atoms in total. The van der Waals surface area contributed by atoms with Crippen molar-refractivity contribution in [2.45, 2.75) is 0 Å². The molecule has 27 heavy (non-hydrogen) atoms. The Morgan fingerprint density at radius 2 is 1.78 bits per heavy atom. The minimum absolute atomic E-state index is 0.105. The van der Waals surface area contributed by atoms with Gasteiger partial charge < -0.3 is 5.32 Å². The van der Waals surface area contributed by atoms with Gasteiger partial charge in [-0.1, -0.05) is 0 Å². The first-order valence-corrected chi connectivity index (χ1v) is 9.31. The van der Waals surface area contributed by atoms with E-state index in [1.807, 2.05) is 0 Å². The molecule has 0 aliphatic carbocycles. The Morgan fingerprint density at radius 1 is 1.04 bits per heavy atom. The van der Waals surface area contributed by atoms with E-state index >= 15 is 0 Å². The fourth-order valence-corrected chi connectivity index (χ4v) is 3.74. The van der Waals surface area contributed by atoms with Crippen molar-refractivity contribution >= 4 is 44.9 Å². The van der Waals surface area contributed by atoms with E-state index in [9.17, 15) is 26.7 Å². The Morgan fingerprint density at radius 3 is 2.41 bits per heavy atom. The van der Waals surface area contributed by atoms with Crippen LogP contribution in [0, 0.1) is 17.5 Å². The molecule has 0 bridgehead atoms. The molecule has 0 aliphatic heterocycles. The first-order chi connectivity index (χ1) is 12.9. The molecule has 1 heterocycles. The van der Waals surface area contributed by atoms with E-state index in [0.29, 0.717) is 5.00 Å². The van der Waals surface area contributed by atoms with Gasteiger partial charge in [-0.05, 0) is 53.9 Å². The average Bonchev–Trinajstić information content (AvgIpc) is 3.14. The molecule has 3 rings (SSSR count). The van der Waals surface area contributed by atoms with Crippen LogP contribution in [-0.4, -0.2) is 14.7 Å². The summed E-state index contributed by atoms with van der Waals surface area (Å²) in [5.74, 6) is -3.80. The third kappa shape index (κ3) is 4.18. The number of rotatable bonds is 5. The monoisotopic (exact) mass is 412 g/mol.